The molecule has 1 aromatic rings. The highest BCUT2D eigenvalue weighted by Crippen LogP contribution is 2.44. The Morgan fingerprint density at radius 1 is 0.920 bits per heavy atom. The van der Waals surface area contributed by atoms with Crippen LogP contribution in [0.15, 0.2) is 24.3 Å². The van der Waals surface area contributed by atoms with Crippen LogP contribution >= 0.6 is 0 Å². The standard InChI is InChI=1S/C23H34O2/c1-2-3-17-4-8-19(9-5-17)21-12-14-22(15-13-21)20-10-6-18(7-11-20)16-23(24)25/h6-7,10-11,17,19,21-22H,2-5,8-9,12-16H2,1H3,(H,24,25). The molecule has 138 valence electrons. The quantitative estimate of drug-likeness (QED) is 0.669. The van der Waals surface area contributed by atoms with Crippen molar-refractivity contribution in [1.29, 1.82) is 0 Å². The maximum Gasteiger partial charge on any atom is 0.307 e. The van der Waals surface area contributed by atoms with Gasteiger partial charge in [-0.1, -0.05) is 56.9 Å². The summed E-state index contributed by atoms with van der Waals surface area (Å²) in [4.78, 5) is 10.8. The summed E-state index contributed by atoms with van der Waals surface area (Å²) < 4.78 is 0. The number of hydrogen-bond acceptors (Lipinski definition) is 1. The first-order valence-corrected chi connectivity index (χ1v) is 10.5. The molecule has 0 atom stereocenters. The molecular weight excluding hydrogens is 308 g/mol. The second-order valence-corrected chi connectivity index (χ2v) is 8.49. The molecule has 3 rings (SSSR count). The van der Waals surface area contributed by atoms with Gasteiger partial charge in [-0.25, -0.2) is 0 Å². The Balaban J connectivity index is 1.46. The van der Waals surface area contributed by atoms with E-state index in [2.05, 4.69) is 19.1 Å². The van der Waals surface area contributed by atoms with E-state index < -0.39 is 5.97 Å². The highest BCUT2D eigenvalue weighted by molar-refractivity contribution is 5.70. The van der Waals surface area contributed by atoms with Crippen molar-refractivity contribution in [2.24, 2.45) is 17.8 Å². The fourth-order valence-corrected chi connectivity index (χ4v) is 5.36. The van der Waals surface area contributed by atoms with E-state index in [1.54, 1.807) is 0 Å². The third kappa shape index (κ3) is 5.09. The van der Waals surface area contributed by atoms with Gasteiger partial charge in [-0.15, -0.1) is 0 Å². The summed E-state index contributed by atoms with van der Waals surface area (Å²) in [6.45, 7) is 2.32. The average molecular weight is 343 g/mol. The highest BCUT2D eigenvalue weighted by atomic mass is 16.4. The van der Waals surface area contributed by atoms with Gasteiger partial charge in [0.1, 0.15) is 0 Å². The van der Waals surface area contributed by atoms with Crippen molar-refractivity contribution in [2.45, 2.75) is 83.5 Å². The van der Waals surface area contributed by atoms with Crippen LogP contribution in [-0.4, -0.2) is 11.1 Å². The van der Waals surface area contributed by atoms with Crippen molar-refractivity contribution in [3.05, 3.63) is 35.4 Å². The van der Waals surface area contributed by atoms with Gasteiger partial charge in [0.25, 0.3) is 0 Å². The largest absolute Gasteiger partial charge is 0.481 e. The molecule has 2 saturated carbocycles. The first kappa shape index (κ1) is 18.5. The normalized spacial score (nSPS) is 30.1. The summed E-state index contributed by atoms with van der Waals surface area (Å²) in [5.41, 5.74) is 2.33. The monoisotopic (exact) mass is 342 g/mol. The zero-order chi connectivity index (χ0) is 17.6. The maximum atomic E-state index is 10.8. The molecule has 0 heterocycles. The number of carboxylic acids is 1. The van der Waals surface area contributed by atoms with E-state index in [9.17, 15) is 4.79 Å². The second kappa shape index (κ2) is 8.87. The molecule has 2 nitrogen and oxygen atoms in total. The lowest BCUT2D eigenvalue weighted by Crippen LogP contribution is -2.25. The Morgan fingerprint density at radius 2 is 1.48 bits per heavy atom. The third-order valence-electron chi connectivity index (χ3n) is 6.83. The molecule has 2 heteroatoms. The molecule has 0 radical (unpaired) electrons. The Kier molecular flexibility index (Phi) is 6.56. The molecule has 0 spiro atoms. The minimum atomic E-state index is -0.748. The Hall–Kier alpha value is -1.31. The van der Waals surface area contributed by atoms with Gasteiger partial charge in [-0.05, 0) is 73.3 Å². The van der Waals surface area contributed by atoms with E-state index in [0.717, 1.165) is 23.3 Å². The van der Waals surface area contributed by atoms with Gasteiger partial charge in [-0.2, -0.15) is 0 Å². The number of rotatable bonds is 6. The van der Waals surface area contributed by atoms with Gasteiger partial charge < -0.3 is 5.11 Å². The van der Waals surface area contributed by atoms with Gasteiger partial charge >= 0.3 is 5.97 Å². The molecule has 25 heavy (non-hydrogen) atoms. The van der Waals surface area contributed by atoms with Crippen molar-refractivity contribution >= 4 is 5.97 Å². The number of carbonyl (C=O) groups is 1. The zero-order valence-electron chi connectivity index (χ0n) is 15.8. The summed E-state index contributed by atoms with van der Waals surface area (Å²) in [5, 5.41) is 8.88. The van der Waals surface area contributed by atoms with Crippen molar-refractivity contribution < 1.29 is 9.90 Å². The number of hydrogen-bond donors (Lipinski definition) is 1. The van der Waals surface area contributed by atoms with E-state index >= 15 is 0 Å². The summed E-state index contributed by atoms with van der Waals surface area (Å²) >= 11 is 0. The lowest BCUT2D eigenvalue weighted by atomic mass is 9.68. The van der Waals surface area contributed by atoms with Crippen LogP contribution in [0.2, 0.25) is 0 Å². The maximum absolute atomic E-state index is 10.8. The van der Waals surface area contributed by atoms with Gasteiger partial charge in [0.05, 0.1) is 6.42 Å². The van der Waals surface area contributed by atoms with E-state index in [4.69, 9.17) is 5.11 Å². The van der Waals surface area contributed by atoms with Crippen LogP contribution in [0.25, 0.3) is 0 Å². The van der Waals surface area contributed by atoms with Gasteiger partial charge in [0, 0.05) is 0 Å². The molecule has 0 unspecified atom stereocenters. The van der Waals surface area contributed by atoms with E-state index in [1.807, 2.05) is 12.1 Å². The Bertz CT molecular complexity index is 532. The summed E-state index contributed by atoms with van der Waals surface area (Å²) in [5.74, 6) is 2.91. The highest BCUT2D eigenvalue weighted by Gasteiger charge is 2.31. The van der Waals surface area contributed by atoms with Crippen molar-refractivity contribution in [2.75, 3.05) is 0 Å². The van der Waals surface area contributed by atoms with Crippen molar-refractivity contribution in [1.82, 2.24) is 0 Å². The van der Waals surface area contributed by atoms with E-state index in [-0.39, 0.29) is 6.42 Å². The SMILES string of the molecule is CCCC1CCC(C2CCC(c3ccc(CC(=O)O)cc3)CC2)CC1. The number of carboxylic acid groups (broad SMARTS) is 1. The zero-order valence-corrected chi connectivity index (χ0v) is 15.8. The van der Waals surface area contributed by atoms with E-state index in [0.29, 0.717) is 5.92 Å². The predicted molar refractivity (Wildman–Crippen MR) is 103 cm³/mol. The minimum Gasteiger partial charge on any atom is -0.481 e. The first-order valence-electron chi connectivity index (χ1n) is 10.5. The van der Waals surface area contributed by atoms with Gasteiger partial charge in [0.15, 0.2) is 0 Å². The minimum absolute atomic E-state index is 0.133. The van der Waals surface area contributed by atoms with Gasteiger partial charge in [-0.3, -0.25) is 4.79 Å². The Morgan fingerprint density at radius 3 is 2.00 bits per heavy atom. The number of aliphatic carboxylic acids is 1. The lowest BCUT2D eigenvalue weighted by Gasteiger charge is -2.38. The molecule has 2 aliphatic carbocycles. The first-order chi connectivity index (χ1) is 12.2. The predicted octanol–water partition coefficient (Wildman–Crippen LogP) is 6.19. The molecular formula is C23H34O2. The average Bonchev–Trinajstić information content (AvgIpc) is 2.63. The van der Waals surface area contributed by atoms with Crippen LogP contribution in [0.3, 0.4) is 0 Å². The van der Waals surface area contributed by atoms with Crippen LogP contribution in [0.1, 0.15) is 88.2 Å². The van der Waals surface area contributed by atoms with Crippen LogP contribution in [0.5, 0.6) is 0 Å². The second-order valence-electron chi connectivity index (χ2n) is 8.49. The van der Waals surface area contributed by atoms with Crippen LogP contribution < -0.4 is 0 Å². The molecule has 0 bridgehead atoms. The smallest absolute Gasteiger partial charge is 0.307 e. The lowest BCUT2D eigenvalue weighted by molar-refractivity contribution is -0.136. The van der Waals surface area contributed by atoms with E-state index in [1.165, 1.54) is 69.8 Å². The summed E-state index contributed by atoms with van der Waals surface area (Å²) in [6, 6.07) is 8.34. The number of benzene rings is 1. The molecule has 0 amide bonds. The molecule has 0 saturated heterocycles. The van der Waals surface area contributed by atoms with Gasteiger partial charge in [0.2, 0.25) is 0 Å². The fourth-order valence-electron chi connectivity index (χ4n) is 5.36. The van der Waals surface area contributed by atoms with Crippen molar-refractivity contribution in [3.63, 3.8) is 0 Å². The Labute approximate surface area is 153 Å². The summed E-state index contributed by atoms with van der Waals surface area (Å²) in [6.07, 6.45) is 14.3. The third-order valence-corrected chi connectivity index (χ3v) is 6.83. The molecule has 1 aromatic carbocycles. The van der Waals surface area contributed by atoms with Crippen molar-refractivity contribution in [3.8, 4) is 0 Å². The molecule has 0 aliphatic heterocycles. The molecule has 1 N–H and O–H groups in total. The molecule has 2 fully saturated rings. The molecule has 2 aliphatic rings. The topological polar surface area (TPSA) is 37.3 Å². The van der Waals surface area contributed by atoms with Crippen LogP contribution in [-0.2, 0) is 11.2 Å². The van der Waals surface area contributed by atoms with Crippen LogP contribution in [0, 0.1) is 17.8 Å². The molecule has 0 aromatic heterocycles. The fraction of sp³-hybridized carbons (Fsp3) is 0.696. The van der Waals surface area contributed by atoms with Crippen LogP contribution in [0.4, 0.5) is 0 Å². The summed E-state index contributed by atoms with van der Waals surface area (Å²) in [7, 11) is 0.